The van der Waals surface area contributed by atoms with Crippen LogP contribution in [0.5, 0.6) is 0 Å². The Balaban J connectivity index is 1.72. The van der Waals surface area contributed by atoms with Crippen LogP contribution in [0, 0.1) is 13.8 Å². The van der Waals surface area contributed by atoms with Crippen molar-refractivity contribution in [2.75, 3.05) is 11.4 Å². The van der Waals surface area contributed by atoms with Gasteiger partial charge in [-0.25, -0.2) is 9.48 Å². The first-order chi connectivity index (χ1) is 10.5. The molecule has 3 rings (SSSR count). The zero-order valence-corrected chi connectivity index (χ0v) is 12.7. The minimum Gasteiger partial charge on any atom is -0.442 e. The van der Waals surface area contributed by atoms with E-state index in [1.165, 1.54) is 0 Å². The molecule has 1 atom stereocenters. The summed E-state index contributed by atoms with van der Waals surface area (Å²) in [4.78, 5) is 13.8. The number of cyclic esters (lactones) is 1. The fraction of sp³-hybridized carbons (Fsp3) is 0.400. The van der Waals surface area contributed by atoms with Crippen molar-refractivity contribution in [3.8, 4) is 0 Å². The Labute approximate surface area is 128 Å². The highest BCUT2D eigenvalue weighted by atomic mass is 16.6. The second kappa shape index (κ2) is 5.76. The van der Waals surface area contributed by atoms with Crippen LogP contribution in [0.2, 0.25) is 0 Å². The standard InChI is InChI=1S/C15H19N5O2/c1-10-3-11(2)5-13(4-10)20-9-14(22-15(20)21)8-19-7-12(6-16)17-18-19/h3-5,7,14H,6,8-9,16H2,1-2H3. The normalized spacial score (nSPS) is 17.9. The van der Waals surface area contributed by atoms with Crippen molar-refractivity contribution in [3.05, 3.63) is 41.2 Å². The third-order valence-electron chi connectivity index (χ3n) is 3.58. The van der Waals surface area contributed by atoms with Gasteiger partial charge in [0.2, 0.25) is 0 Å². The molecule has 0 spiro atoms. The van der Waals surface area contributed by atoms with Gasteiger partial charge in [-0.2, -0.15) is 0 Å². The molecule has 1 amide bonds. The van der Waals surface area contributed by atoms with Crippen LogP contribution in [-0.2, 0) is 17.8 Å². The van der Waals surface area contributed by atoms with Crippen molar-refractivity contribution in [1.29, 1.82) is 0 Å². The van der Waals surface area contributed by atoms with Crippen molar-refractivity contribution in [1.82, 2.24) is 15.0 Å². The highest BCUT2D eigenvalue weighted by Crippen LogP contribution is 2.24. The van der Waals surface area contributed by atoms with Crippen LogP contribution in [0.1, 0.15) is 16.8 Å². The van der Waals surface area contributed by atoms with E-state index < -0.39 is 0 Å². The van der Waals surface area contributed by atoms with E-state index in [0.29, 0.717) is 19.6 Å². The SMILES string of the molecule is Cc1cc(C)cc(N2CC(Cn3cc(CN)nn3)OC2=O)c1. The molecule has 22 heavy (non-hydrogen) atoms. The third-order valence-corrected chi connectivity index (χ3v) is 3.58. The lowest BCUT2D eigenvalue weighted by Gasteiger charge is -2.14. The molecule has 1 fully saturated rings. The van der Waals surface area contributed by atoms with Crippen LogP contribution < -0.4 is 10.6 Å². The average Bonchev–Trinajstić information content (AvgIpc) is 3.04. The van der Waals surface area contributed by atoms with E-state index in [1.807, 2.05) is 26.0 Å². The fourth-order valence-corrected chi connectivity index (χ4v) is 2.66. The second-order valence-electron chi connectivity index (χ2n) is 5.60. The molecule has 1 aromatic carbocycles. The maximum atomic E-state index is 12.1. The number of nitrogens with two attached hydrogens (primary N) is 1. The van der Waals surface area contributed by atoms with Gasteiger partial charge < -0.3 is 10.5 Å². The van der Waals surface area contributed by atoms with Gasteiger partial charge in [0.15, 0.2) is 0 Å². The molecule has 1 aliphatic rings. The predicted molar refractivity (Wildman–Crippen MR) is 81.4 cm³/mol. The van der Waals surface area contributed by atoms with Gasteiger partial charge in [-0.15, -0.1) is 5.10 Å². The van der Waals surface area contributed by atoms with Crippen molar-refractivity contribution in [2.45, 2.75) is 33.0 Å². The number of carbonyl (C=O) groups is 1. The number of benzene rings is 1. The Morgan fingerprint density at radius 3 is 2.68 bits per heavy atom. The molecule has 2 heterocycles. The summed E-state index contributed by atoms with van der Waals surface area (Å²) in [6, 6.07) is 6.05. The number of nitrogens with zero attached hydrogens (tertiary/aromatic N) is 4. The largest absolute Gasteiger partial charge is 0.442 e. The Morgan fingerprint density at radius 1 is 1.32 bits per heavy atom. The number of carbonyl (C=O) groups excluding carboxylic acids is 1. The van der Waals surface area contributed by atoms with Gasteiger partial charge in [0, 0.05) is 18.4 Å². The predicted octanol–water partition coefficient (Wildman–Crippen LogP) is 1.38. The average molecular weight is 301 g/mol. The van der Waals surface area contributed by atoms with Gasteiger partial charge in [-0.3, -0.25) is 4.90 Å². The molecule has 2 N–H and O–H groups in total. The van der Waals surface area contributed by atoms with E-state index in [4.69, 9.17) is 10.5 Å². The number of hydrogen-bond acceptors (Lipinski definition) is 5. The summed E-state index contributed by atoms with van der Waals surface area (Å²) in [6.45, 7) is 5.34. The Kier molecular flexibility index (Phi) is 3.81. The van der Waals surface area contributed by atoms with Crippen LogP contribution >= 0.6 is 0 Å². The number of aryl methyl sites for hydroxylation is 2. The van der Waals surface area contributed by atoms with Crippen LogP contribution in [0.15, 0.2) is 24.4 Å². The lowest BCUT2D eigenvalue weighted by molar-refractivity contribution is 0.129. The minimum atomic E-state index is -0.325. The first kappa shape index (κ1) is 14.5. The van der Waals surface area contributed by atoms with Gasteiger partial charge in [0.25, 0.3) is 0 Å². The zero-order chi connectivity index (χ0) is 15.7. The number of amides is 1. The number of ether oxygens (including phenoxy) is 1. The maximum absolute atomic E-state index is 12.1. The van der Waals surface area contributed by atoms with E-state index in [-0.39, 0.29) is 12.2 Å². The van der Waals surface area contributed by atoms with Gasteiger partial charge in [0.05, 0.1) is 18.8 Å². The summed E-state index contributed by atoms with van der Waals surface area (Å²) in [5.41, 5.74) is 9.34. The highest BCUT2D eigenvalue weighted by molar-refractivity contribution is 5.89. The molecule has 2 aromatic rings. The Bertz CT molecular complexity index is 677. The molecule has 116 valence electrons. The van der Waals surface area contributed by atoms with Crippen molar-refractivity contribution in [3.63, 3.8) is 0 Å². The molecule has 0 aliphatic carbocycles. The lowest BCUT2D eigenvalue weighted by Crippen LogP contribution is -2.26. The van der Waals surface area contributed by atoms with E-state index in [0.717, 1.165) is 22.5 Å². The fourth-order valence-electron chi connectivity index (χ4n) is 2.66. The van der Waals surface area contributed by atoms with Crippen molar-refractivity contribution in [2.24, 2.45) is 5.73 Å². The summed E-state index contributed by atoms with van der Waals surface area (Å²) in [5.74, 6) is 0. The summed E-state index contributed by atoms with van der Waals surface area (Å²) >= 11 is 0. The molecule has 1 aliphatic heterocycles. The second-order valence-corrected chi connectivity index (χ2v) is 5.60. The lowest BCUT2D eigenvalue weighted by atomic mass is 10.1. The molecule has 0 saturated carbocycles. The van der Waals surface area contributed by atoms with Crippen LogP contribution in [0.25, 0.3) is 0 Å². The van der Waals surface area contributed by atoms with Gasteiger partial charge in [-0.1, -0.05) is 11.3 Å². The molecule has 7 heteroatoms. The quantitative estimate of drug-likeness (QED) is 0.922. The zero-order valence-electron chi connectivity index (χ0n) is 12.7. The highest BCUT2D eigenvalue weighted by Gasteiger charge is 2.33. The molecular weight excluding hydrogens is 282 g/mol. The number of hydrogen-bond donors (Lipinski definition) is 1. The molecular formula is C15H19N5O2. The van der Waals surface area contributed by atoms with E-state index in [9.17, 15) is 4.79 Å². The molecule has 0 radical (unpaired) electrons. The maximum Gasteiger partial charge on any atom is 0.414 e. The monoisotopic (exact) mass is 301 g/mol. The Hall–Kier alpha value is -2.41. The molecule has 1 aromatic heterocycles. The van der Waals surface area contributed by atoms with E-state index in [2.05, 4.69) is 16.4 Å². The van der Waals surface area contributed by atoms with Crippen LogP contribution in [0.3, 0.4) is 0 Å². The number of rotatable bonds is 4. The van der Waals surface area contributed by atoms with Crippen molar-refractivity contribution >= 4 is 11.8 Å². The van der Waals surface area contributed by atoms with Gasteiger partial charge in [0.1, 0.15) is 6.10 Å². The van der Waals surface area contributed by atoms with Crippen LogP contribution in [-0.4, -0.2) is 33.7 Å². The molecule has 0 bridgehead atoms. The van der Waals surface area contributed by atoms with Gasteiger partial charge >= 0.3 is 6.09 Å². The summed E-state index contributed by atoms with van der Waals surface area (Å²) in [6.07, 6.45) is 1.20. The minimum absolute atomic E-state index is 0.249. The molecule has 7 nitrogen and oxygen atoms in total. The first-order valence-electron chi connectivity index (χ1n) is 7.20. The Morgan fingerprint density at radius 2 is 2.05 bits per heavy atom. The topological polar surface area (TPSA) is 86.3 Å². The molecule has 1 unspecified atom stereocenters. The van der Waals surface area contributed by atoms with Gasteiger partial charge in [-0.05, 0) is 37.1 Å². The summed E-state index contributed by atoms with van der Waals surface area (Å²) in [7, 11) is 0. The summed E-state index contributed by atoms with van der Waals surface area (Å²) in [5, 5.41) is 7.91. The first-order valence-corrected chi connectivity index (χ1v) is 7.20. The number of anilines is 1. The van der Waals surface area contributed by atoms with Crippen molar-refractivity contribution < 1.29 is 9.53 Å². The smallest absolute Gasteiger partial charge is 0.414 e. The van der Waals surface area contributed by atoms with Crippen LogP contribution in [0.4, 0.5) is 10.5 Å². The third kappa shape index (κ3) is 2.94. The number of aromatic nitrogens is 3. The molecule has 1 saturated heterocycles. The van der Waals surface area contributed by atoms with E-state index in [1.54, 1.807) is 15.8 Å². The summed E-state index contributed by atoms with van der Waals surface area (Å²) < 4.78 is 7.08. The van der Waals surface area contributed by atoms with E-state index >= 15 is 0 Å².